The average Bonchev–Trinajstić information content (AvgIpc) is 3.41. The lowest BCUT2D eigenvalue weighted by Crippen LogP contribution is -2.53. The van der Waals surface area contributed by atoms with Gasteiger partial charge < -0.3 is 15.0 Å². The summed E-state index contributed by atoms with van der Waals surface area (Å²) in [6, 6.07) is 22.6. The summed E-state index contributed by atoms with van der Waals surface area (Å²) in [7, 11) is 0. The fourth-order valence-corrected chi connectivity index (χ4v) is 5.01. The predicted molar refractivity (Wildman–Crippen MR) is 148 cm³/mol. The van der Waals surface area contributed by atoms with E-state index in [4.69, 9.17) is 16.3 Å². The van der Waals surface area contributed by atoms with Crippen molar-refractivity contribution in [3.63, 3.8) is 0 Å². The summed E-state index contributed by atoms with van der Waals surface area (Å²) in [6.07, 6.45) is 4.57. The van der Waals surface area contributed by atoms with E-state index in [-0.39, 0.29) is 31.0 Å². The van der Waals surface area contributed by atoms with Gasteiger partial charge in [-0.1, -0.05) is 85.1 Å². The monoisotopic (exact) mass is 518 g/mol. The Labute approximate surface area is 224 Å². The van der Waals surface area contributed by atoms with E-state index in [1.165, 1.54) is 0 Å². The molecule has 0 aliphatic heterocycles. The molecule has 1 aliphatic rings. The van der Waals surface area contributed by atoms with Gasteiger partial charge in [0, 0.05) is 24.0 Å². The first kappa shape index (κ1) is 26.7. The Hall–Kier alpha value is -3.31. The van der Waals surface area contributed by atoms with Gasteiger partial charge in [0.1, 0.15) is 11.8 Å². The normalized spacial score (nSPS) is 14.2. The summed E-state index contributed by atoms with van der Waals surface area (Å²) < 4.78 is 5.99. The zero-order valence-corrected chi connectivity index (χ0v) is 22.3. The van der Waals surface area contributed by atoms with E-state index in [1.807, 2.05) is 80.6 Å². The van der Waals surface area contributed by atoms with Gasteiger partial charge in [-0.15, -0.1) is 0 Å². The smallest absolute Gasteiger partial charge is 0.261 e. The molecule has 1 saturated carbocycles. The molecule has 1 N–H and O–H groups in total. The summed E-state index contributed by atoms with van der Waals surface area (Å²) in [5.74, 6) is 0.271. The zero-order valence-electron chi connectivity index (χ0n) is 21.6. The van der Waals surface area contributed by atoms with E-state index in [9.17, 15) is 9.59 Å². The zero-order chi connectivity index (χ0) is 26.2. The number of rotatable bonds is 10. The van der Waals surface area contributed by atoms with Crippen LogP contribution in [-0.4, -0.2) is 35.4 Å². The second-order valence-electron chi connectivity index (χ2n) is 9.87. The van der Waals surface area contributed by atoms with Gasteiger partial charge in [-0.2, -0.15) is 0 Å². The van der Waals surface area contributed by atoms with E-state index in [0.717, 1.165) is 47.9 Å². The first-order valence-corrected chi connectivity index (χ1v) is 13.4. The second-order valence-corrected chi connectivity index (χ2v) is 10.3. The van der Waals surface area contributed by atoms with Crippen molar-refractivity contribution in [2.24, 2.45) is 0 Å². The van der Waals surface area contributed by atoms with Gasteiger partial charge in [0.05, 0.1) is 0 Å². The minimum atomic E-state index is -0.700. The number of nitrogens with zero attached hydrogens (tertiary/aromatic N) is 1. The molecule has 194 valence electrons. The third-order valence-corrected chi connectivity index (χ3v) is 7.33. The van der Waals surface area contributed by atoms with Crippen LogP contribution in [0.15, 0.2) is 72.8 Å². The molecule has 1 atom stereocenters. The number of carbonyl (C=O) groups is 2. The van der Waals surface area contributed by atoms with Crippen LogP contribution in [0.5, 0.6) is 5.75 Å². The molecule has 4 rings (SSSR count). The molecule has 1 aliphatic carbocycles. The van der Waals surface area contributed by atoms with Crippen LogP contribution in [0.25, 0.3) is 0 Å². The van der Waals surface area contributed by atoms with Crippen molar-refractivity contribution in [2.45, 2.75) is 64.6 Å². The SMILES string of the molecule is Cc1ccc(C)c(OCC(=O)N(Cc2ccccc2Cl)[C@H](Cc2ccccc2)C(=O)NC2CCCC2)c1. The molecule has 0 unspecified atom stereocenters. The minimum absolute atomic E-state index is 0.136. The van der Waals surface area contributed by atoms with E-state index < -0.39 is 6.04 Å². The molecule has 6 heteroatoms. The van der Waals surface area contributed by atoms with Gasteiger partial charge in [0.15, 0.2) is 6.61 Å². The maximum atomic E-state index is 13.8. The number of hydrogen-bond donors (Lipinski definition) is 1. The Morgan fingerprint density at radius 2 is 1.70 bits per heavy atom. The summed E-state index contributed by atoms with van der Waals surface area (Å²) >= 11 is 6.50. The third kappa shape index (κ3) is 7.36. The lowest BCUT2D eigenvalue weighted by Gasteiger charge is -2.32. The number of nitrogens with one attached hydrogen (secondary N) is 1. The van der Waals surface area contributed by atoms with Crippen molar-refractivity contribution in [1.82, 2.24) is 10.2 Å². The van der Waals surface area contributed by atoms with Crippen LogP contribution in [0.1, 0.15) is 47.9 Å². The molecule has 0 saturated heterocycles. The summed E-state index contributed by atoms with van der Waals surface area (Å²) in [5.41, 5.74) is 3.78. The molecule has 0 aromatic heterocycles. The van der Waals surface area contributed by atoms with Crippen molar-refractivity contribution in [1.29, 1.82) is 0 Å². The van der Waals surface area contributed by atoms with Crippen molar-refractivity contribution in [3.8, 4) is 5.75 Å². The van der Waals surface area contributed by atoms with E-state index in [1.54, 1.807) is 11.0 Å². The van der Waals surface area contributed by atoms with Crippen LogP contribution < -0.4 is 10.1 Å². The fourth-order valence-electron chi connectivity index (χ4n) is 4.82. The van der Waals surface area contributed by atoms with E-state index in [0.29, 0.717) is 17.2 Å². The van der Waals surface area contributed by atoms with Crippen LogP contribution in [-0.2, 0) is 22.6 Å². The average molecular weight is 519 g/mol. The number of hydrogen-bond acceptors (Lipinski definition) is 3. The van der Waals surface area contributed by atoms with E-state index in [2.05, 4.69) is 5.32 Å². The number of benzene rings is 3. The van der Waals surface area contributed by atoms with Crippen molar-refractivity contribution in [3.05, 3.63) is 100 Å². The minimum Gasteiger partial charge on any atom is -0.483 e. The van der Waals surface area contributed by atoms with Gasteiger partial charge in [0.2, 0.25) is 5.91 Å². The maximum absolute atomic E-state index is 13.8. The van der Waals surface area contributed by atoms with Crippen molar-refractivity contribution in [2.75, 3.05) is 6.61 Å². The second kappa shape index (κ2) is 12.8. The van der Waals surface area contributed by atoms with Crippen LogP contribution in [0.2, 0.25) is 5.02 Å². The molecule has 3 aromatic carbocycles. The van der Waals surface area contributed by atoms with Gasteiger partial charge in [0.25, 0.3) is 5.91 Å². The Bertz CT molecular complexity index is 1210. The summed E-state index contributed by atoms with van der Waals surface area (Å²) in [4.78, 5) is 29.1. The molecule has 37 heavy (non-hydrogen) atoms. The largest absolute Gasteiger partial charge is 0.483 e. The highest BCUT2D eigenvalue weighted by molar-refractivity contribution is 6.31. The van der Waals surface area contributed by atoms with E-state index >= 15 is 0 Å². The number of ether oxygens (including phenoxy) is 1. The molecule has 2 amide bonds. The summed E-state index contributed by atoms with van der Waals surface area (Å²) in [5, 5.41) is 3.78. The molecule has 0 spiro atoms. The highest BCUT2D eigenvalue weighted by Crippen LogP contribution is 2.23. The lowest BCUT2D eigenvalue weighted by molar-refractivity contribution is -0.143. The molecule has 0 bridgehead atoms. The maximum Gasteiger partial charge on any atom is 0.261 e. The van der Waals surface area contributed by atoms with Gasteiger partial charge >= 0.3 is 0 Å². The van der Waals surface area contributed by atoms with Crippen molar-refractivity contribution < 1.29 is 14.3 Å². The van der Waals surface area contributed by atoms with Crippen LogP contribution in [0.3, 0.4) is 0 Å². The van der Waals surface area contributed by atoms with Crippen molar-refractivity contribution >= 4 is 23.4 Å². The predicted octanol–water partition coefficient (Wildman–Crippen LogP) is 6.03. The molecule has 3 aromatic rings. The highest BCUT2D eigenvalue weighted by Gasteiger charge is 2.32. The topological polar surface area (TPSA) is 58.6 Å². The molecule has 0 heterocycles. The Morgan fingerprint density at radius 1 is 1.00 bits per heavy atom. The first-order chi connectivity index (χ1) is 17.9. The number of halogens is 1. The fraction of sp³-hybridized carbons (Fsp3) is 0.355. The van der Waals surface area contributed by atoms with Gasteiger partial charge in [-0.05, 0) is 61.1 Å². The lowest BCUT2D eigenvalue weighted by atomic mass is 10.0. The van der Waals surface area contributed by atoms with Crippen LogP contribution >= 0.6 is 11.6 Å². The third-order valence-electron chi connectivity index (χ3n) is 6.97. The standard InChI is InChI=1S/C31H35ClN2O3/c1-22-16-17-23(2)29(18-22)37-21-30(35)34(20-25-12-6-9-15-27(25)32)28(19-24-10-4-3-5-11-24)31(36)33-26-13-7-8-14-26/h3-6,9-12,15-18,26,28H,7-8,13-14,19-21H2,1-2H3,(H,33,36)/t28-/m1/s1. The van der Waals surface area contributed by atoms with Gasteiger partial charge in [-0.3, -0.25) is 9.59 Å². The van der Waals surface area contributed by atoms with Crippen LogP contribution in [0, 0.1) is 13.8 Å². The molecule has 1 fully saturated rings. The Balaban J connectivity index is 1.63. The number of aryl methyl sites for hydroxylation is 2. The number of carbonyl (C=O) groups excluding carboxylic acids is 2. The first-order valence-electron chi connectivity index (χ1n) is 13.0. The molecular formula is C31H35ClN2O3. The highest BCUT2D eigenvalue weighted by atomic mass is 35.5. The quantitative estimate of drug-likeness (QED) is 0.356. The van der Waals surface area contributed by atoms with Gasteiger partial charge in [-0.25, -0.2) is 0 Å². The Morgan fingerprint density at radius 3 is 2.43 bits per heavy atom. The molecule has 0 radical (unpaired) electrons. The molecular weight excluding hydrogens is 484 g/mol. The summed E-state index contributed by atoms with van der Waals surface area (Å²) in [6.45, 7) is 3.98. The number of amides is 2. The molecule has 5 nitrogen and oxygen atoms in total. The van der Waals surface area contributed by atoms with Crippen LogP contribution in [0.4, 0.5) is 0 Å². The Kier molecular flexibility index (Phi) is 9.24.